The Bertz CT molecular complexity index is 674. The molecule has 0 atom stereocenters. The number of nitrogens with one attached hydrogen (secondary N) is 2. The third-order valence-electron chi connectivity index (χ3n) is 3.26. The molecule has 2 aromatic rings. The largest absolute Gasteiger partial charge is 0.478 e. The van der Waals surface area contributed by atoms with Crippen molar-refractivity contribution in [1.29, 1.82) is 0 Å². The highest BCUT2D eigenvalue weighted by Gasteiger charge is 2.08. The van der Waals surface area contributed by atoms with Crippen molar-refractivity contribution < 1.29 is 14.3 Å². The highest BCUT2D eigenvalue weighted by Crippen LogP contribution is 2.13. The summed E-state index contributed by atoms with van der Waals surface area (Å²) in [7, 11) is 0. The molecule has 126 valence electrons. The smallest absolute Gasteiger partial charge is 0.239 e. The molecule has 0 fully saturated rings. The van der Waals surface area contributed by atoms with E-state index < -0.39 is 0 Å². The van der Waals surface area contributed by atoms with Gasteiger partial charge in [-0.05, 0) is 18.6 Å². The lowest BCUT2D eigenvalue weighted by atomic mass is 10.1. The number of hydrogen-bond donors (Lipinski definition) is 2. The van der Waals surface area contributed by atoms with Gasteiger partial charge in [-0.2, -0.15) is 0 Å². The predicted molar refractivity (Wildman–Crippen MR) is 90.4 cm³/mol. The van der Waals surface area contributed by atoms with Gasteiger partial charge in [0.1, 0.15) is 0 Å². The van der Waals surface area contributed by atoms with E-state index in [2.05, 4.69) is 15.6 Å². The number of amides is 2. The number of ether oxygens (including phenoxy) is 1. The molecule has 0 aliphatic rings. The van der Waals surface area contributed by atoms with Gasteiger partial charge >= 0.3 is 0 Å². The van der Waals surface area contributed by atoms with Crippen LogP contribution in [-0.2, 0) is 22.6 Å². The minimum Gasteiger partial charge on any atom is -0.478 e. The van der Waals surface area contributed by atoms with Crippen molar-refractivity contribution in [2.45, 2.75) is 19.9 Å². The zero-order valence-corrected chi connectivity index (χ0v) is 13.6. The van der Waals surface area contributed by atoms with Crippen LogP contribution in [0.25, 0.3) is 0 Å². The third kappa shape index (κ3) is 5.72. The molecule has 0 spiro atoms. The van der Waals surface area contributed by atoms with Gasteiger partial charge in [0.15, 0.2) is 0 Å². The van der Waals surface area contributed by atoms with Crippen LogP contribution in [0, 0.1) is 0 Å². The van der Waals surface area contributed by atoms with E-state index in [4.69, 9.17) is 4.74 Å². The maximum absolute atomic E-state index is 11.9. The summed E-state index contributed by atoms with van der Waals surface area (Å²) in [5.41, 5.74) is 1.70. The SMILES string of the molecule is CCOc1ncccc1CNC(=O)CNC(=O)Cc1ccccc1. The highest BCUT2D eigenvalue weighted by atomic mass is 16.5. The predicted octanol–water partition coefficient (Wildman–Crippen LogP) is 1.46. The van der Waals surface area contributed by atoms with Gasteiger partial charge in [0, 0.05) is 18.3 Å². The fourth-order valence-electron chi connectivity index (χ4n) is 2.10. The number of pyridine rings is 1. The van der Waals surface area contributed by atoms with Crippen LogP contribution in [0.3, 0.4) is 0 Å². The Hall–Kier alpha value is -2.89. The number of hydrogen-bond acceptors (Lipinski definition) is 4. The van der Waals surface area contributed by atoms with Gasteiger partial charge in [0.25, 0.3) is 0 Å². The molecule has 2 amide bonds. The fourth-order valence-corrected chi connectivity index (χ4v) is 2.10. The number of rotatable bonds is 8. The first kappa shape index (κ1) is 17.5. The molecule has 0 bridgehead atoms. The summed E-state index contributed by atoms with van der Waals surface area (Å²) in [5, 5.41) is 5.35. The molecule has 24 heavy (non-hydrogen) atoms. The molecule has 6 nitrogen and oxygen atoms in total. The van der Waals surface area contributed by atoms with E-state index in [1.807, 2.05) is 43.3 Å². The van der Waals surface area contributed by atoms with Gasteiger partial charge in [-0.25, -0.2) is 4.98 Å². The first-order valence-corrected chi connectivity index (χ1v) is 7.83. The lowest BCUT2D eigenvalue weighted by Gasteiger charge is -2.10. The lowest BCUT2D eigenvalue weighted by Crippen LogP contribution is -2.37. The molecular weight excluding hydrogens is 306 g/mol. The van der Waals surface area contributed by atoms with Crippen LogP contribution in [0.2, 0.25) is 0 Å². The standard InChI is InChI=1S/C18H21N3O3/c1-2-24-18-15(9-6-10-19-18)12-20-17(23)13-21-16(22)11-14-7-4-3-5-8-14/h3-10H,2,11-13H2,1H3,(H,20,23)(H,21,22). The van der Waals surface area contributed by atoms with Crippen LogP contribution in [-0.4, -0.2) is 29.9 Å². The van der Waals surface area contributed by atoms with Gasteiger partial charge in [0.05, 0.1) is 19.6 Å². The van der Waals surface area contributed by atoms with Gasteiger partial charge in [-0.1, -0.05) is 36.4 Å². The molecule has 0 aliphatic carbocycles. The van der Waals surface area contributed by atoms with E-state index >= 15 is 0 Å². The van der Waals surface area contributed by atoms with E-state index in [9.17, 15) is 9.59 Å². The molecule has 0 radical (unpaired) electrons. The summed E-state index contributed by atoms with van der Waals surface area (Å²) >= 11 is 0. The van der Waals surface area contributed by atoms with E-state index in [1.54, 1.807) is 12.3 Å². The number of nitrogens with zero attached hydrogens (tertiary/aromatic N) is 1. The van der Waals surface area contributed by atoms with Crippen LogP contribution in [0.1, 0.15) is 18.1 Å². The molecule has 6 heteroatoms. The van der Waals surface area contributed by atoms with Gasteiger partial charge in [-0.15, -0.1) is 0 Å². The number of aromatic nitrogens is 1. The maximum Gasteiger partial charge on any atom is 0.239 e. The summed E-state index contributed by atoms with van der Waals surface area (Å²) in [4.78, 5) is 27.8. The first-order chi connectivity index (χ1) is 11.7. The van der Waals surface area contributed by atoms with Crippen LogP contribution in [0.4, 0.5) is 0 Å². The summed E-state index contributed by atoms with van der Waals surface area (Å²) in [6, 6.07) is 13.0. The van der Waals surface area contributed by atoms with Crippen LogP contribution in [0.5, 0.6) is 5.88 Å². The molecule has 0 aliphatic heterocycles. The number of benzene rings is 1. The van der Waals surface area contributed by atoms with Crippen LogP contribution < -0.4 is 15.4 Å². The van der Waals surface area contributed by atoms with Crippen molar-refractivity contribution in [3.05, 3.63) is 59.8 Å². The van der Waals surface area contributed by atoms with Gasteiger partial charge in [0.2, 0.25) is 17.7 Å². The molecular formula is C18H21N3O3. The fraction of sp³-hybridized carbons (Fsp3) is 0.278. The molecule has 2 N–H and O–H groups in total. The molecule has 1 aromatic carbocycles. The molecule has 2 rings (SSSR count). The van der Waals surface area contributed by atoms with Crippen LogP contribution in [0.15, 0.2) is 48.7 Å². The van der Waals surface area contributed by atoms with Crippen molar-refractivity contribution in [2.24, 2.45) is 0 Å². The van der Waals surface area contributed by atoms with Gasteiger partial charge < -0.3 is 15.4 Å². The van der Waals surface area contributed by atoms with Crippen molar-refractivity contribution in [2.75, 3.05) is 13.2 Å². The normalized spacial score (nSPS) is 10.0. The Morgan fingerprint density at radius 3 is 2.58 bits per heavy atom. The monoisotopic (exact) mass is 327 g/mol. The zero-order valence-electron chi connectivity index (χ0n) is 13.6. The maximum atomic E-state index is 11.9. The second-order valence-corrected chi connectivity index (χ2v) is 5.12. The Morgan fingerprint density at radius 1 is 1.04 bits per heavy atom. The average molecular weight is 327 g/mol. The summed E-state index contributed by atoms with van der Waals surface area (Å²) in [5.74, 6) is 0.0591. The Morgan fingerprint density at radius 2 is 1.83 bits per heavy atom. The van der Waals surface area contributed by atoms with E-state index in [-0.39, 0.29) is 24.8 Å². The summed E-state index contributed by atoms with van der Waals surface area (Å²) in [6.07, 6.45) is 1.89. The molecule has 1 heterocycles. The van der Waals surface area contributed by atoms with Crippen molar-refractivity contribution in [1.82, 2.24) is 15.6 Å². The summed E-state index contributed by atoms with van der Waals surface area (Å²) < 4.78 is 5.40. The average Bonchev–Trinajstić information content (AvgIpc) is 2.60. The van der Waals surface area contributed by atoms with E-state index in [1.165, 1.54) is 0 Å². The molecule has 0 unspecified atom stereocenters. The Balaban J connectivity index is 1.74. The Kier molecular flexibility index (Phi) is 6.76. The quantitative estimate of drug-likeness (QED) is 0.769. The lowest BCUT2D eigenvalue weighted by molar-refractivity contribution is -0.125. The second-order valence-electron chi connectivity index (χ2n) is 5.12. The highest BCUT2D eigenvalue weighted by molar-refractivity contribution is 5.85. The van der Waals surface area contributed by atoms with Crippen molar-refractivity contribution in [3.8, 4) is 5.88 Å². The first-order valence-electron chi connectivity index (χ1n) is 7.83. The molecule has 0 saturated heterocycles. The number of carbonyl (C=O) groups is 2. The van der Waals surface area contributed by atoms with Gasteiger partial charge in [-0.3, -0.25) is 9.59 Å². The van der Waals surface area contributed by atoms with Crippen molar-refractivity contribution >= 4 is 11.8 Å². The topological polar surface area (TPSA) is 80.3 Å². The number of carbonyl (C=O) groups excluding carboxylic acids is 2. The van der Waals surface area contributed by atoms with E-state index in [0.29, 0.717) is 19.0 Å². The third-order valence-corrected chi connectivity index (χ3v) is 3.26. The second kappa shape index (κ2) is 9.29. The molecule has 0 saturated carbocycles. The molecule has 1 aromatic heterocycles. The zero-order chi connectivity index (χ0) is 17.2. The van der Waals surface area contributed by atoms with E-state index in [0.717, 1.165) is 11.1 Å². The summed E-state index contributed by atoms with van der Waals surface area (Å²) in [6.45, 7) is 2.62. The minimum atomic E-state index is -0.261. The minimum absolute atomic E-state index is 0.0596. The van der Waals surface area contributed by atoms with Crippen LogP contribution >= 0.6 is 0 Å². The van der Waals surface area contributed by atoms with Crippen molar-refractivity contribution in [3.63, 3.8) is 0 Å². The Labute approximate surface area is 141 Å².